The summed E-state index contributed by atoms with van der Waals surface area (Å²) in [5.41, 5.74) is 1.34. The van der Waals surface area contributed by atoms with E-state index in [2.05, 4.69) is 15.0 Å². The fourth-order valence-corrected chi connectivity index (χ4v) is 4.35. The molecular formula is C15H11ClFN3O2S2. The molecule has 0 aliphatic rings. The van der Waals surface area contributed by atoms with E-state index in [9.17, 15) is 12.8 Å². The number of nitrogens with zero attached hydrogens (tertiary/aromatic N) is 1. The number of hydrogen-bond donors (Lipinski definition) is 2. The number of rotatable bonds is 5. The number of thiophene rings is 1. The predicted molar refractivity (Wildman–Crippen MR) is 94.1 cm³/mol. The van der Waals surface area contributed by atoms with Gasteiger partial charge in [0.15, 0.2) is 0 Å². The molecule has 124 valence electrons. The van der Waals surface area contributed by atoms with Crippen molar-refractivity contribution in [2.24, 2.45) is 0 Å². The van der Waals surface area contributed by atoms with Crippen LogP contribution < -0.4 is 10.0 Å². The zero-order valence-corrected chi connectivity index (χ0v) is 14.4. The normalized spacial score (nSPS) is 11.2. The lowest BCUT2D eigenvalue weighted by Crippen LogP contribution is -2.12. The number of sulfonamides is 1. The quantitative estimate of drug-likeness (QED) is 0.681. The second-order valence-electron chi connectivity index (χ2n) is 4.73. The van der Waals surface area contributed by atoms with Crippen molar-refractivity contribution in [2.45, 2.75) is 4.21 Å². The Morgan fingerprint density at radius 1 is 1.00 bits per heavy atom. The van der Waals surface area contributed by atoms with Gasteiger partial charge in [0.25, 0.3) is 10.0 Å². The predicted octanol–water partition coefficient (Wildman–Crippen LogP) is 4.48. The van der Waals surface area contributed by atoms with Crippen molar-refractivity contribution < 1.29 is 12.8 Å². The molecule has 2 heterocycles. The van der Waals surface area contributed by atoms with Gasteiger partial charge in [-0.2, -0.15) is 0 Å². The van der Waals surface area contributed by atoms with Gasteiger partial charge in [0.05, 0.1) is 16.2 Å². The molecule has 2 N–H and O–H groups in total. The van der Waals surface area contributed by atoms with Crippen molar-refractivity contribution >= 4 is 50.2 Å². The van der Waals surface area contributed by atoms with Gasteiger partial charge in [-0.05, 0) is 48.5 Å². The van der Waals surface area contributed by atoms with Crippen molar-refractivity contribution in [1.29, 1.82) is 0 Å². The highest BCUT2D eigenvalue weighted by molar-refractivity contribution is 7.94. The third-order valence-electron chi connectivity index (χ3n) is 2.95. The lowest BCUT2D eigenvalue weighted by Gasteiger charge is -2.08. The Morgan fingerprint density at radius 2 is 1.71 bits per heavy atom. The molecule has 0 aliphatic carbocycles. The van der Waals surface area contributed by atoms with Gasteiger partial charge in [0, 0.05) is 5.69 Å². The van der Waals surface area contributed by atoms with Crippen LogP contribution in [0.15, 0.2) is 58.9 Å². The first-order valence-electron chi connectivity index (χ1n) is 6.69. The molecule has 0 amide bonds. The summed E-state index contributed by atoms with van der Waals surface area (Å²) >= 11 is 6.72. The van der Waals surface area contributed by atoms with Crippen LogP contribution in [0.25, 0.3) is 0 Å². The van der Waals surface area contributed by atoms with Crippen molar-refractivity contribution in [3.63, 3.8) is 0 Å². The fraction of sp³-hybridized carbons (Fsp3) is 0. The monoisotopic (exact) mass is 383 g/mol. The summed E-state index contributed by atoms with van der Waals surface area (Å²) in [6.45, 7) is 0. The van der Waals surface area contributed by atoms with Crippen molar-refractivity contribution in [2.75, 3.05) is 10.0 Å². The SMILES string of the molecule is O=S(=O)(Nc1ccc(Nc2ccc(F)cc2)cn1)c1ccc(Cl)s1. The van der Waals surface area contributed by atoms with E-state index in [-0.39, 0.29) is 15.8 Å². The molecule has 0 unspecified atom stereocenters. The van der Waals surface area contributed by atoms with Gasteiger partial charge in [-0.1, -0.05) is 11.6 Å². The Hall–Kier alpha value is -2.16. The summed E-state index contributed by atoms with van der Waals surface area (Å²) in [7, 11) is -3.71. The summed E-state index contributed by atoms with van der Waals surface area (Å²) in [6, 6.07) is 12.0. The number of nitrogens with one attached hydrogen (secondary N) is 2. The number of aromatic nitrogens is 1. The molecule has 3 aromatic rings. The molecule has 0 bridgehead atoms. The Morgan fingerprint density at radius 3 is 2.29 bits per heavy atom. The number of hydrogen-bond acceptors (Lipinski definition) is 5. The van der Waals surface area contributed by atoms with Gasteiger partial charge in [-0.3, -0.25) is 4.72 Å². The van der Waals surface area contributed by atoms with Crippen LogP contribution in [0.1, 0.15) is 0 Å². The van der Waals surface area contributed by atoms with E-state index in [0.717, 1.165) is 11.3 Å². The smallest absolute Gasteiger partial charge is 0.272 e. The van der Waals surface area contributed by atoms with Crippen LogP contribution >= 0.6 is 22.9 Å². The summed E-state index contributed by atoms with van der Waals surface area (Å²) in [5.74, 6) is -0.138. The highest BCUT2D eigenvalue weighted by Crippen LogP contribution is 2.27. The zero-order chi connectivity index (χ0) is 17.2. The van der Waals surface area contributed by atoms with E-state index in [0.29, 0.717) is 15.7 Å². The van der Waals surface area contributed by atoms with Crippen molar-refractivity contribution in [3.8, 4) is 0 Å². The maximum atomic E-state index is 12.9. The van der Waals surface area contributed by atoms with Gasteiger partial charge in [-0.25, -0.2) is 17.8 Å². The molecule has 0 spiro atoms. The van der Waals surface area contributed by atoms with Crippen LogP contribution in [0.2, 0.25) is 4.34 Å². The summed E-state index contributed by atoms with van der Waals surface area (Å²) in [4.78, 5) is 4.05. The van der Waals surface area contributed by atoms with E-state index in [1.165, 1.54) is 36.5 Å². The minimum Gasteiger partial charge on any atom is -0.354 e. The minimum atomic E-state index is -3.71. The molecule has 0 atom stereocenters. The van der Waals surface area contributed by atoms with Gasteiger partial charge >= 0.3 is 0 Å². The molecule has 2 aromatic heterocycles. The van der Waals surface area contributed by atoms with E-state index in [1.807, 2.05) is 0 Å². The van der Waals surface area contributed by atoms with Crippen molar-refractivity contribution in [1.82, 2.24) is 4.98 Å². The molecule has 9 heteroatoms. The molecule has 0 fully saturated rings. The van der Waals surface area contributed by atoms with Crippen LogP contribution in [0.5, 0.6) is 0 Å². The second-order valence-corrected chi connectivity index (χ2v) is 8.35. The highest BCUT2D eigenvalue weighted by Gasteiger charge is 2.17. The molecule has 0 radical (unpaired) electrons. The third-order valence-corrected chi connectivity index (χ3v) is 6.03. The molecule has 3 rings (SSSR count). The summed E-state index contributed by atoms with van der Waals surface area (Å²) < 4.78 is 40.1. The van der Waals surface area contributed by atoms with Gasteiger partial charge in [0.2, 0.25) is 0 Å². The second kappa shape index (κ2) is 6.76. The number of anilines is 3. The topological polar surface area (TPSA) is 71.1 Å². The van der Waals surface area contributed by atoms with Gasteiger partial charge < -0.3 is 5.32 Å². The molecule has 0 aliphatic heterocycles. The van der Waals surface area contributed by atoms with E-state index >= 15 is 0 Å². The highest BCUT2D eigenvalue weighted by atomic mass is 35.5. The maximum Gasteiger partial charge on any atom is 0.272 e. The lowest BCUT2D eigenvalue weighted by molar-refractivity contribution is 0.603. The zero-order valence-electron chi connectivity index (χ0n) is 12.0. The Kier molecular flexibility index (Phi) is 4.70. The summed E-state index contributed by atoms with van der Waals surface area (Å²) in [6.07, 6.45) is 1.47. The van der Waals surface area contributed by atoms with Gasteiger partial charge in [-0.15, -0.1) is 11.3 Å². The minimum absolute atomic E-state index is 0.114. The average molecular weight is 384 g/mol. The van der Waals surface area contributed by atoms with Crippen LogP contribution in [0, 0.1) is 5.82 Å². The Balaban J connectivity index is 1.71. The van der Waals surface area contributed by atoms with Crippen LogP contribution in [0.3, 0.4) is 0 Å². The Bertz CT molecular complexity index is 942. The van der Waals surface area contributed by atoms with Crippen LogP contribution in [-0.2, 0) is 10.0 Å². The molecule has 1 aromatic carbocycles. The van der Waals surface area contributed by atoms with Crippen molar-refractivity contribution in [3.05, 3.63) is 64.9 Å². The summed E-state index contributed by atoms with van der Waals surface area (Å²) in [5, 5.41) is 3.03. The Labute approximate surface area is 147 Å². The third kappa shape index (κ3) is 4.02. The number of halogens is 2. The van der Waals surface area contributed by atoms with E-state index in [1.54, 1.807) is 18.2 Å². The first-order chi connectivity index (χ1) is 11.4. The fourth-order valence-electron chi connectivity index (χ4n) is 1.86. The number of pyridine rings is 1. The first kappa shape index (κ1) is 16.7. The molecule has 0 saturated heterocycles. The maximum absolute atomic E-state index is 12.9. The largest absolute Gasteiger partial charge is 0.354 e. The van der Waals surface area contributed by atoms with Crippen LogP contribution in [-0.4, -0.2) is 13.4 Å². The molecule has 24 heavy (non-hydrogen) atoms. The van der Waals surface area contributed by atoms with E-state index in [4.69, 9.17) is 11.6 Å². The van der Waals surface area contributed by atoms with Crippen LogP contribution in [0.4, 0.5) is 21.6 Å². The average Bonchev–Trinajstić information content (AvgIpc) is 2.99. The molecular weight excluding hydrogens is 373 g/mol. The molecule has 5 nitrogen and oxygen atoms in total. The standard InChI is InChI=1S/C15H11ClFN3O2S2/c16-13-6-8-15(23-13)24(21,22)20-14-7-5-12(9-18-14)19-11-3-1-10(17)2-4-11/h1-9,19H,(H,18,20). The van der Waals surface area contributed by atoms with Gasteiger partial charge in [0.1, 0.15) is 15.8 Å². The number of benzene rings is 1. The lowest BCUT2D eigenvalue weighted by atomic mass is 10.3. The first-order valence-corrected chi connectivity index (χ1v) is 9.37. The van der Waals surface area contributed by atoms with E-state index < -0.39 is 10.0 Å². The molecule has 0 saturated carbocycles.